The minimum atomic E-state index is -0.777. The van der Waals surface area contributed by atoms with Crippen LogP contribution in [0, 0.1) is 0 Å². The highest BCUT2D eigenvalue weighted by molar-refractivity contribution is 6.01. The molecule has 1 N–H and O–H groups in total. The number of imide groups is 2. The molecule has 11 nitrogen and oxygen atoms in total. The van der Waals surface area contributed by atoms with E-state index in [1.54, 1.807) is 0 Å². The van der Waals surface area contributed by atoms with Crippen LogP contribution >= 0.6 is 0 Å². The maximum absolute atomic E-state index is 11.8. The van der Waals surface area contributed by atoms with Crippen molar-refractivity contribution in [2.75, 3.05) is 20.7 Å². The first-order valence-electron chi connectivity index (χ1n) is 10.3. The van der Waals surface area contributed by atoms with Gasteiger partial charge in [-0.05, 0) is 24.6 Å². The second kappa shape index (κ2) is 10.3. The summed E-state index contributed by atoms with van der Waals surface area (Å²) in [6.45, 7) is 1.21. The van der Waals surface area contributed by atoms with Gasteiger partial charge in [-0.1, -0.05) is 24.3 Å². The molecule has 0 radical (unpaired) electrons. The summed E-state index contributed by atoms with van der Waals surface area (Å²) in [5.74, 6) is -1.45. The van der Waals surface area contributed by atoms with Gasteiger partial charge in [0.25, 0.3) is 23.6 Å². The average Bonchev–Trinajstić information content (AvgIpc) is 3.27. The molecule has 3 aliphatic heterocycles. The molecule has 1 atom stereocenters. The lowest BCUT2D eigenvalue weighted by Crippen LogP contribution is -2.47. The summed E-state index contributed by atoms with van der Waals surface area (Å²) in [5, 5.41) is 3.98. The van der Waals surface area contributed by atoms with E-state index < -0.39 is 17.9 Å². The second-order valence-electron chi connectivity index (χ2n) is 7.65. The largest absolute Gasteiger partial charge is 0.432 e. The molecule has 1 aromatic carbocycles. The van der Waals surface area contributed by atoms with Crippen LogP contribution in [0.5, 0.6) is 0 Å². The topological polar surface area (TPSA) is 126 Å². The molecule has 3 aliphatic rings. The summed E-state index contributed by atoms with van der Waals surface area (Å²) in [4.78, 5) is 67.2. The first kappa shape index (κ1) is 23.4. The highest BCUT2D eigenvalue weighted by atomic mass is 16.7. The van der Waals surface area contributed by atoms with Crippen LogP contribution in [0.1, 0.15) is 36.8 Å². The van der Waals surface area contributed by atoms with E-state index >= 15 is 0 Å². The van der Waals surface area contributed by atoms with Crippen LogP contribution in [0.4, 0.5) is 4.79 Å². The molecule has 2 saturated heterocycles. The Hall–Kier alpha value is -3.31. The van der Waals surface area contributed by atoms with Crippen molar-refractivity contribution in [1.82, 2.24) is 20.3 Å². The molecule has 1 aromatic rings. The van der Waals surface area contributed by atoms with Crippen LogP contribution in [0.2, 0.25) is 0 Å². The lowest BCUT2D eigenvalue weighted by Gasteiger charge is -2.34. The quantitative estimate of drug-likeness (QED) is 0.664. The number of likely N-dealkylation sites (N-methyl/N-ethyl adjacent to an activating group) is 1. The molecule has 0 spiro atoms. The molecule has 0 aliphatic carbocycles. The molecule has 0 aromatic heterocycles. The second-order valence-corrected chi connectivity index (χ2v) is 7.65. The van der Waals surface area contributed by atoms with Gasteiger partial charge in [-0.15, -0.1) is 5.06 Å². The minimum absolute atomic E-state index is 0.0915. The van der Waals surface area contributed by atoms with Gasteiger partial charge in [0.2, 0.25) is 0 Å². The molecule has 4 rings (SSSR count). The fourth-order valence-corrected chi connectivity index (χ4v) is 3.68. The number of carbonyl (C=O) groups is 5. The zero-order valence-electron chi connectivity index (χ0n) is 18.0. The first-order chi connectivity index (χ1) is 15.3. The third kappa shape index (κ3) is 5.48. The molecule has 1 unspecified atom stereocenters. The van der Waals surface area contributed by atoms with E-state index in [1.807, 2.05) is 19.2 Å². The molecule has 32 heavy (non-hydrogen) atoms. The predicted octanol–water partition coefficient (Wildman–Crippen LogP) is 0.530. The first-order valence-corrected chi connectivity index (χ1v) is 10.3. The van der Waals surface area contributed by atoms with Crippen LogP contribution in [0.3, 0.4) is 0 Å². The number of hydrogen-bond donors (Lipinski definition) is 1. The Morgan fingerprint density at radius 3 is 2.00 bits per heavy atom. The fraction of sp³-hybridized carbons (Fsp3) is 0.476. The highest BCUT2D eigenvalue weighted by Crippen LogP contribution is 2.21. The van der Waals surface area contributed by atoms with Gasteiger partial charge in [-0.2, -0.15) is 5.06 Å². The number of benzene rings is 1. The van der Waals surface area contributed by atoms with Crippen LogP contribution in [0.25, 0.3) is 0 Å². The third-order valence-electron chi connectivity index (χ3n) is 5.47. The number of amides is 5. The molecular formula is C21H26N4O7. The van der Waals surface area contributed by atoms with Crippen LogP contribution in [-0.2, 0) is 41.8 Å². The number of rotatable bonds is 4. The molecule has 5 amide bonds. The summed E-state index contributed by atoms with van der Waals surface area (Å²) >= 11 is 0. The van der Waals surface area contributed by atoms with Crippen molar-refractivity contribution in [2.24, 2.45) is 0 Å². The Bertz CT molecular complexity index is 887. The summed E-state index contributed by atoms with van der Waals surface area (Å²) in [5.41, 5.74) is 2.57. The van der Waals surface area contributed by atoms with E-state index in [2.05, 4.69) is 27.2 Å². The van der Waals surface area contributed by atoms with E-state index in [1.165, 1.54) is 18.2 Å². The SMILES string of the molecule is CN1Cc2ccccc2CC1CNC(=O)ON1C(=O)CCC1=O.CON1C(=O)CCC1=O. The van der Waals surface area contributed by atoms with Crippen molar-refractivity contribution < 1.29 is 33.6 Å². The Morgan fingerprint density at radius 1 is 0.938 bits per heavy atom. The lowest BCUT2D eigenvalue weighted by molar-refractivity contribution is -0.179. The summed E-state index contributed by atoms with van der Waals surface area (Å²) in [6.07, 6.45) is 0.803. The molecule has 3 heterocycles. The van der Waals surface area contributed by atoms with E-state index in [-0.39, 0.29) is 43.5 Å². The van der Waals surface area contributed by atoms with Gasteiger partial charge in [-0.3, -0.25) is 28.9 Å². The number of nitrogens with zero attached hydrogens (tertiary/aromatic N) is 3. The van der Waals surface area contributed by atoms with Crippen molar-refractivity contribution in [3.05, 3.63) is 35.4 Å². The number of hydrogen-bond acceptors (Lipinski definition) is 8. The van der Waals surface area contributed by atoms with Gasteiger partial charge in [0, 0.05) is 44.8 Å². The minimum Gasteiger partial charge on any atom is -0.318 e. The molecule has 172 valence electrons. The standard InChI is InChI=1S/C16H19N3O4.C5H7NO3/c1-18-10-12-5-3-2-4-11(12)8-13(18)9-17-16(22)23-19-14(20)6-7-15(19)21;1-9-6-4(7)2-3-5(6)8/h2-5,13H,6-10H2,1H3,(H,17,22);2-3H2,1H3. The Morgan fingerprint density at radius 2 is 1.47 bits per heavy atom. The predicted molar refractivity (Wildman–Crippen MR) is 109 cm³/mol. The van der Waals surface area contributed by atoms with Crippen molar-refractivity contribution in [3.8, 4) is 0 Å². The van der Waals surface area contributed by atoms with Crippen molar-refractivity contribution in [1.29, 1.82) is 0 Å². The van der Waals surface area contributed by atoms with Gasteiger partial charge in [-0.25, -0.2) is 4.79 Å². The van der Waals surface area contributed by atoms with E-state index in [4.69, 9.17) is 4.84 Å². The molecule has 2 fully saturated rings. The zero-order valence-corrected chi connectivity index (χ0v) is 18.0. The third-order valence-corrected chi connectivity index (χ3v) is 5.47. The van der Waals surface area contributed by atoms with E-state index in [9.17, 15) is 24.0 Å². The van der Waals surface area contributed by atoms with Crippen molar-refractivity contribution in [3.63, 3.8) is 0 Å². The molecule has 0 bridgehead atoms. The zero-order chi connectivity index (χ0) is 23.3. The van der Waals surface area contributed by atoms with Gasteiger partial charge < -0.3 is 10.2 Å². The van der Waals surface area contributed by atoms with Gasteiger partial charge in [0.15, 0.2) is 0 Å². The highest BCUT2D eigenvalue weighted by Gasteiger charge is 2.33. The van der Waals surface area contributed by atoms with E-state index in [0.717, 1.165) is 18.0 Å². The lowest BCUT2D eigenvalue weighted by atomic mass is 9.94. The fourth-order valence-electron chi connectivity index (χ4n) is 3.68. The average molecular weight is 446 g/mol. The molecule has 0 saturated carbocycles. The number of hydroxylamine groups is 4. The maximum Gasteiger partial charge on any atom is 0.432 e. The molecular weight excluding hydrogens is 420 g/mol. The van der Waals surface area contributed by atoms with E-state index in [0.29, 0.717) is 11.6 Å². The number of nitrogens with one attached hydrogen (secondary N) is 1. The summed E-state index contributed by atoms with van der Waals surface area (Å²) in [6, 6.07) is 8.37. The number of carbonyl (C=O) groups excluding carboxylic acids is 5. The van der Waals surface area contributed by atoms with Crippen molar-refractivity contribution >= 4 is 29.7 Å². The van der Waals surface area contributed by atoms with Gasteiger partial charge >= 0.3 is 6.09 Å². The van der Waals surface area contributed by atoms with Gasteiger partial charge in [0.1, 0.15) is 0 Å². The monoisotopic (exact) mass is 446 g/mol. The number of fused-ring (bicyclic) bond motifs is 1. The van der Waals surface area contributed by atoms with Crippen molar-refractivity contribution in [2.45, 2.75) is 44.7 Å². The Balaban J connectivity index is 0.000000269. The maximum atomic E-state index is 11.8. The smallest absolute Gasteiger partial charge is 0.318 e. The summed E-state index contributed by atoms with van der Waals surface area (Å²) < 4.78 is 0. The van der Waals surface area contributed by atoms with Crippen LogP contribution in [-0.4, -0.2) is 71.5 Å². The normalized spacial score (nSPS) is 20.8. The van der Waals surface area contributed by atoms with Crippen LogP contribution in [0.15, 0.2) is 24.3 Å². The Labute approximate surface area is 185 Å². The summed E-state index contributed by atoms with van der Waals surface area (Å²) in [7, 11) is 3.31. The van der Waals surface area contributed by atoms with Gasteiger partial charge in [0.05, 0.1) is 7.11 Å². The Kier molecular flexibility index (Phi) is 7.54. The molecule has 11 heteroatoms. The van der Waals surface area contributed by atoms with Crippen LogP contribution < -0.4 is 5.32 Å².